The number of hydrogen-bond acceptors (Lipinski definition) is 6. The van der Waals surface area contributed by atoms with E-state index in [-0.39, 0.29) is 24.8 Å². The number of nitro groups is 1. The third-order valence-corrected chi connectivity index (χ3v) is 3.19. The molecule has 0 radical (unpaired) electrons. The van der Waals surface area contributed by atoms with Crippen molar-refractivity contribution < 1.29 is 19.6 Å². The zero-order valence-corrected chi connectivity index (χ0v) is 11.2. The highest BCUT2D eigenvalue weighted by molar-refractivity contribution is 5.76. The maximum Gasteiger partial charge on any atom is 0.389 e. The van der Waals surface area contributed by atoms with Gasteiger partial charge in [0.25, 0.3) is 0 Å². The van der Waals surface area contributed by atoms with E-state index >= 15 is 0 Å². The molecular formula is C11H15N5O5. The largest absolute Gasteiger partial charge is 0.480 e. The number of rotatable bonds is 5. The second-order valence-electron chi connectivity index (χ2n) is 4.68. The Bertz CT molecular complexity index is 549. The number of hydrogen-bond donors (Lipinski definition) is 1. The van der Waals surface area contributed by atoms with E-state index in [1.165, 1.54) is 16.9 Å². The second-order valence-corrected chi connectivity index (χ2v) is 4.68. The Morgan fingerprint density at radius 1 is 1.29 bits per heavy atom. The van der Waals surface area contributed by atoms with Gasteiger partial charge in [-0.05, 0) is 4.92 Å². The first kappa shape index (κ1) is 14.9. The molecule has 2 heterocycles. The van der Waals surface area contributed by atoms with Crippen LogP contribution < -0.4 is 0 Å². The number of amides is 1. The third-order valence-electron chi connectivity index (χ3n) is 3.19. The van der Waals surface area contributed by atoms with Crippen molar-refractivity contribution in [3.05, 3.63) is 22.4 Å². The first-order valence-electron chi connectivity index (χ1n) is 6.35. The molecule has 1 N–H and O–H groups in total. The quantitative estimate of drug-likeness (QED) is 0.547. The van der Waals surface area contributed by atoms with E-state index in [1.54, 1.807) is 9.80 Å². The molecule has 0 atom stereocenters. The van der Waals surface area contributed by atoms with Gasteiger partial charge in [-0.3, -0.25) is 14.5 Å². The van der Waals surface area contributed by atoms with Crippen molar-refractivity contribution >= 4 is 17.7 Å². The number of aliphatic carboxylic acids is 1. The Morgan fingerprint density at radius 2 is 1.95 bits per heavy atom. The molecule has 0 aromatic carbocycles. The van der Waals surface area contributed by atoms with Crippen molar-refractivity contribution in [1.29, 1.82) is 0 Å². The number of carboxylic acids is 1. The Kier molecular flexibility index (Phi) is 4.48. The lowest BCUT2D eigenvalue weighted by Crippen LogP contribution is -2.50. The van der Waals surface area contributed by atoms with Crippen molar-refractivity contribution in [2.75, 3.05) is 32.7 Å². The van der Waals surface area contributed by atoms with Gasteiger partial charge in [-0.2, -0.15) is 4.68 Å². The van der Waals surface area contributed by atoms with Crippen LogP contribution in [0.5, 0.6) is 0 Å². The highest BCUT2D eigenvalue weighted by Crippen LogP contribution is 2.07. The van der Waals surface area contributed by atoms with E-state index < -0.39 is 10.9 Å². The number of carboxylic acid groups (broad SMARTS) is 1. The fourth-order valence-electron chi connectivity index (χ4n) is 2.12. The molecule has 1 fully saturated rings. The maximum atomic E-state index is 12.0. The summed E-state index contributed by atoms with van der Waals surface area (Å²) in [6, 6.07) is 1.23. The van der Waals surface area contributed by atoms with Crippen LogP contribution in [0, 0.1) is 10.1 Å². The van der Waals surface area contributed by atoms with Crippen molar-refractivity contribution in [2.24, 2.45) is 0 Å². The van der Waals surface area contributed by atoms with Crippen molar-refractivity contribution in [3.63, 3.8) is 0 Å². The molecule has 2 rings (SSSR count). The van der Waals surface area contributed by atoms with Crippen LogP contribution in [-0.4, -0.2) is 74.2 Å². The molecule has 0 spiro atoms. The van der Waals surface area contributed by atoms with Crippen molar-refractivity contribution in [1.82, 2.24) is 19.6 Å². The Labute approximate surface area is 119 Å². The minimum Gasteiger partial charge on any atom is -0.480 e. The second kappa shape index (κ2) is 6.31. The van der Waals surface area contributed by atoms with Crippen LogP contribution in [0.15, 0.2) is 12.3 Å². The average molecular weight is 297 g/mol. The zero-order valence-electron chi connectivity index (χ0n) is 11.2. The summed E-state index contributed by atoms with van der Waals surface area (Å²) in [4.78, 5) is 35.9. The van der Waals surface area contributed by atoms with Crippen LogP contribution in [0.4, 0.5) is 5.82 Å². The summed E-state index contributed by atoms with van der Waals surface area (Å²) < 4.78 is 1.23. The topological polar surface area (TPSA) is 122 Å². The summed E-state index contributed by atoms with van der Waals surface area (Å²) in [6.45, 7) is 1.78. The maximum absolute atomic E-state index is 12.0. The van der Waals surface area contributed by atoms with E-state index in [1.807, 2.05) is 0 Å². The molecule has 0 saturated carbocycles. The van der Waals surface area contributed by atoms with Crippen LogP contribution in [0.2, 0.25) is 0 Å². The molecule has 1 aliphatic rings. The fourth-order valence-corrected chi connectivity index (χ4v) is 2.12. The lowest BCUT2D eigenvalue weighted by molar-refractivity contribution is -0.389. The van der Waals surface area contributed by atoms with Crippen molar-refractivity contribution in [2.45, 2.75) is 6.54 Å². The van der Waals surface area contributed by atoms with Crippen LogP contribution in [0.3, 0.4) is 0 Å². The lowest BCUT2D eigenvalue weighted by Gasteiger charge is -2.33. The van der Waals surface area contributed by atoms with Crippen LogP contribution in [0.1, 0.15) is 0 Å². The van der Waals surface area contributed by atoms with E-state index in [0.717, 1.165) is 0 Å². The van der Waals surface area contributed by atoms with Crippen molar-refractivity contribution in [3.8, 4) is 0 Å². The molecule has 10 heteroatoms. The molecule has 0 bridgehead atoms. The normalized spacial score (nSPS) is 15.9. The van der Waals surface area contributed by atoms with Gasteiger partial charge < -0.3 is 20.1 Å². The molecule has 0 unspecified atom stereocenters. The Hall–Kier alpha value is -2.49. The molecule has 21 heavy (non-hydrogen) atoms. The fraction of sp³-hybridized carbons (Fsp3) is 0.545. The van der Waals surface area contributed by atoms with E-state index in [2.05, 4.69) is 5.10 Å². The number of nitrogens with zero attached hydrogens (tertiary/aromatic N) is 5. The first-order chi connectivity index (χ1) is 9.95. The van der Waals surface area contributed by atoms with E-state index in [4.69, 9.17) is 5.11 Å². The summed E-state index contributed by atoms with van der Waals surface area (Å²) in [6.07, 6.45) is 1.39. The summed E-state index contributed by atoms with van der Waals surface area (Å²) in [5.74, 6) is -1.38. The number of carbonyl (C=O) groups excluding carboxylic acids is 1. The van der Waals surface area contributed by atoms with Gasteiger partial charge in [0.05, 0.1) is 23.9 Å². The van der Waals surface area contributed by atoms with Crippen LogP contribution in [0.25, 0.3) is 0 Å². The van der Waals surface area contributed by atoms with Gasteiger partial charge in [0.15, 0.2) is 0 Å². The Balaban J connectivity index is 1.84. The monoisotopic (exact) mass is 297 g/mol. The van der Waals surface area contributed by atoms with E-state index in [9.17, 15) is 19.7 Å². The smallest absolute Gasteiger partial charge is 0.389 e. The number of piperazine rings is 1. The molecule has 1 aliphatic heterocycles. The molecular weight excluding hydrogens is 282 g/mol. The summed E-state index contributed by atoms with van der Waals surface area (Å²) in [7, 11) is 0. The average Bonchev–Trinajstić information content (AvgIpc) is 2.87. The zero-order chi connectivity index (χ0) is 15.4. The Morgan fingerprint density at radius 3 is 2.48 bits per heavy atom. The molecule has 1 saturated heterocycles. The molecule has 1 aromatic rings. The highest BCUT2D eigenvalue weighted by Gasteiger charge is 2.23. The first-order valence-corrected chi connectivity index (χ1v) is 6.35. The minimum absolute atomic E-state index is 0.0343. The summed E-state index contributed by atoms with van der Waals surface area (Å²) in [5.41, 5.74) is 0. The van der Waals surface area contributed by atoms with Gasteiger partial charge in [-0.1, -0.05) is 0 Å². The van der Waals surface area contributed by atoms with Gasteiger partial charge in [-0.25, -0.2) is 0 Å². The summed E-state index contributed by atoms with van der Waals surface area (Å²) in [5, 5.41) is 22.9. The molecule has 114 valence electrons. The molecule has 0 aliphatic carbocycles. The SMILES string of the molecule is O=C(O)CN1CCN(C(=O)Cn2ccc([N+](=O)[O-])n2)CC1. The highest BCUT2D eigenvalue weighted by atomic mass is 16.6. The third kappa shape index (κ3) is 3.99. The van der Waals surface area contributed by atoms with Gasteiger partial charge in [0.1, 0.15) is 6.54 Å². The molecule has 1 aromatic heterocycles. The minimum atomic E-state index is -0.890. The van der Waals surface area contributed by atoms with Crippen LogP contribution in [-0.2, 0) is 16.1 Å². The van der Waals surface area contributed by atoms with Gasteiger partial charge in [0.2, 0.25) is 5.91 Å². The summed E-state index contributed by atoms with van der Waals surface area (Å²) >= 11 is 0. The number of aromatic nitrogens is 2. The van der Waals surface area contributed by atoms with Gasteiger partial charge in [0, 0.05) is 26.2 Å². The molecule has 1 amide bonds. The van der Waals surface area contributed by atoms with E-state index in [0.29, 0.717) is 26.2 Å². The standard InChI is InChI=1S/C11H15N5O5/c17-10(7-15-2-1-9(12-15)16(20)21)14-5-3-13(4-6-14)8-11(18)19/h1-2H,3-8H2,(H,18,19). The van der Waals surface area contributed by atoms with Gasteiger partial charge >= 0.3 is 11.8 Å². The van der Waals surface area contributed by atoms with Crippen LogP contribution >= 0.6 is 0 Å². The molecule has 10 nitrogen and oxygen atoms in total. The predicted octanol–water partition coefficient (Wildman–Crippen LogP) is -0.980. The lowest BCUT2D eigenvalue weighted by atomic mass is 10.3. The predicted molar refractivity (Wildman–Crippen MR) is 69.5 cm³/mol. The van der Waals surface area contributed by atoms with Gasteiger partial charge in [-0.15, -0.1) is 0 Å². The number of carbonyl (C=O) groups is 2.